The van der Waals surface area contributed by atoms with Crippen LogP contribution in [0.2, 0.25) is 0 Å². The van der Waals surface area contributed by atoms with E-state index in [1.807, 2.05) is 0 Å². The van der Waals surface area contributed by atoms with Crippen molar-refractivity contribution in [3.05, 3.63) is 60.8 Å². The minimum Gasteiger partial charge on any atom is -0.475 e. The number of aromatic carboxylic acids is 1. The largest absolute Gasteiger partial charge is 0.475 e. The van der Waals surface area contributed by atoms with Gasteiger partial charge in [0.05, 0.1) is 17.7 Å². The molecule has 0 saturated carbocycles. The molecule has 0 aliphatic carbocycles. The lowest BCUT2D eigenvalue weighted by Crippen LogP contribution is -2.31. The maximum absolute atomic E-state index is 11.5. The Morgan fingerprint density at radius 1 is 1.45 bits per heavy atom. The molecule has 2 heterocycles. The summed E-state index contributed by atoms with van der Waals surface area (Å²) in [5, 5.41) is 19.3. The first kappa shape index (κ1) is 13.3. The maximum atomic E-state index is 11.5. The molecule has 0 fully saturated rings. The molecule has 10 nitrogen and oxygen atoms in total. The predicted octanol–water partition coefficient (Wildman–Crippen LogP) is -0.216. The number of nitrogens with one attached hydrogen (secondary N) is 1. The molecule has 2 aromatic heterocycles. The van der Waals surface area contributed by atoms with Crippen LogP contribution in [0, 0.1) is 10.1 Å². The zero-order valence-electron chi connectivity index (χ0n) is 9.73. The molecule has 0 saturated heterocycles. The first-order chi connectivity index (χ1) is 9.38. The van der Waals surface area contributed by atoms with Crippen LogP contribution in [0.3, 0.4) is 0 Å². The molecule has 0 aliphatic rings. The number of furan rings is 1. The quantitative estimate of drug-likeness (QED) is 0.581. The third-order valence-electron chi connectivity index (χ3n) is 2.39. The van der Waals surface area contributed by atoms with Crippen LogP contribution in [0.5, 0.6) is 0 Å². The average Bonchev–Trinajstić information content (AvgIpc) is 2.80. The summed E-state index contributed by atoms with van der Waals surface area (Å²) in [5.74, 6) is -1.51. The number of carboxylic acids is 1. The maximum Gasteiger partial charge on any atom is 0.371 e. The van der Waals surface area contributed by atoms with Gasteiger partial charge in [0.1, 0.15) is 5.76 Å². The van der Waals surface area contributed by atoms with Gasteiger partial charge in [-0.05, 0) is 12.1 Å². The van der Waals surface area contributed by atoms with Crippen LogP contribution in [0.25, 0.3) is 0 Å². The van der Waals surface area contributed by atoms with Crippen molar-refractivity contribution >= 4 is 11.7 Å². The molecule has 2 N–H and O–H groups in total. The van der Waals surface area contributed by atoms with E-state index in [9.17, 15) is 24.5 Å². The predicted molar refractivity (Wildman–Crippen MR) is 62.7 cm³/mol. The second-order valence-corrected chi connectivity index (χ2v) is 3.73. The molecule has 0 unspecified atom stereocenters. The number of rotatable bonds is 4. The minimum absolute atomic E-state index is 0.103. The highest BCUT2D eigenvalue weighted by atomic mass is 16.6. The van der Waals surface area contributed by atoms with Crippen LogP contribution in [0.15, 0.2) is 32.3 Å². The van der Waals surface area contributed by atoms with E-state index in [0.717, 1.165) is 10.8 Å². The molecule has 0 amide bonds. The van der Waals surface area contributed by atoms with Crippen LogP contribution in [0.4, 0.5) is 5.69 Å². The summed E-state index contributed by atoms with van der Waals surface area (Å²) >= 11 is 0. The zero-order chi connectivity index (χ0) is 14.9. The molecule has 0 aromatic carbocycles. The van der Waals surface area contributed by atoms with Crippen LogP contribution in [-0.4, -0.2) is 25.6 Å². The fourth-order valence-electron chi connectivity index (χ4n) is 1.49. The fraction of sp³-hybridized carbons (Fsp3) is 0.100. The lowest BCUT2D eigenvalue weighted by molar-refractivity contribution is -0.386. The van der Waals surface area contributed by atoms with Gasteiger partial charge in [-0.1, -0.05) is 0 Å². The summed E-state index contributed by atoms with van der Waals surface area (Å²) in [6.45, 7) is -0.246. The Morgan fingerprint density at radius 3 is 2.70 bits per heavy atom. The summed E-state index contributed by atoms with van der Waals surface area (Å²) in [6.07, 6.45) is 0.768. The Bertz CT molecular complexity index is 798. The van der Waals surface area contributed by atoms with Crippen molar-refractivity contribution in [1.29, 1.82) is 0 Å². The summed E-state index contributed by atoms with van der Waals surface area (Å²) < 4.78 is 5.75. The summed E-state index contributed by atoms with van der Waals surface area (Å²) in [7, 11) is 0. The van der Waals surface area contributed by atoms with Gasteiger partial charge in [-0.25, -0.2) is 9.59 Å². The van der Waals surface area contributed by atoms with Gasteiger partial charge < -0.3 is 9.52 Å². The third kappa shape index (κ3) is 2.48. The summed E-state index contributed by atoms with van der Waals surface area (Å²) in [4.78, 5) is 44.7. The topological polar surface area (TPSA) is 148 Å². The monoisotopic (exact) mass is 281 g/mol. The van der Waals surface area contributed by atoms with Crippen LogP contribution in [0.1, 0.15) is 16.3 Å². The molecule has 0 radical (unpaired) electrons. The molecule has 0 atom stereocenters. The van der Waals surface area contributed by atoms with Gasteiger partial charge in [-0.2, -0.15) is 0 Å². The van der Waals surface area contributed by atoms with Crippen LogP contribution < -0.4 is 11.2 Å². The van der Waals surface area contributed by atoms with Crippen molar-refractivity contribution in [2.75, 3.05) is 0 Å². The number of aromatic amines is 1. The van der Waals surface area contributed by atoms with E-state index in [-0.39, 0.29) is 18.1 Å². The smallest absolute Gasteiger partial charge is 0.371 e. The van der Waals surface area contributed by atoms with Gasteiger partial charge in [0, 0.05) is 0 Å². The van der Waals surface area contributed by atoms with Crippen molar-refractivity contribution in [2.24, 2.45) is 0 Å². The van der Waals surface area contributed by atoms with Crippen molar-refractivity contribution < 1.29 is 19.2 Å². The van der Waals surface area contributed by atoms with Crippen molar-refractivity contribution in [2.45, 2.75) is 6.54 Å². The third-order valence-corrected chi connectivity index (χ3v) is 2.39. The number of H-pyrrole nitrogens is 1. The Kier molecular flexibility index (Phi) is 3.21. The number of hydrogen-bond donors (Lipinski definition) is 2. The number of hydrogen-bond acceptors (Lipinski definition) is 6. The van der Waals surface area contributed by atoms with E-state index in [2.05, 4.69) is 0 Å². The van der Waals surface area contributed by atoms with Gasteiger partial charge in [0.15, 0.2) is 0 Å². The van der Waals surface area contributed by atoms with Crippen LogP contribution in [-0.2, 0) is 6.54 Å². The van der Waals surface area contributed by atoms with E-state index in [0.29, 0.717) is 0 Å². The molecule has 10 heteroatoms. The molecule has 20 heavy (non-hydrogen) atoms. The van der Waals surface area contributed by atoms with E-state index < -0.39 is 27.8 Å². The zero-order valence-corrected chi connectivity index (χ0v) is 9.73. The van der Waals surface area contributed by atoms with Gasteiger partial charge >= 0.3 is 22.9 Å². The van der Waals surface area contributed by atoms with Gasteiger partial charge in [0.2, 0.25) is 5.76 Å². The van der Waals surface area contributed by atoms with Crippen LogP contribution >= 0.6 is 0 Å². The molecule has 0 aliphatic heterocycles. The van der Waals surface area contributed by atoms with E-state index >= 15 is 0 Å². The number of carboxylic acid groups (broad SMARTS) is 1. The first-order valence-corrected chi connectivity index (χ1v) is 5.18. The molecule has 0 bridgehead atoms. The normalized spacial score (nSPS) is 10.4. The highest BCUT2D eigenvalue weighted by Gasteiger charge is 2.16. The average molecular weight is 281 g/mol. The number of nitrogens with zero attached hydrogens (tertiary/aromatic N) is 2. The highest BCUT2D eigenvalue weighted by molar-refractivity contribution is 5.84. The van der Waals surface area contributed by atoms with E-state index in [4.69, 9.17) is 9.52 Å². The lowest BCUT2D eigenvalue weighted by Gasteiger charge is -2.01. The first-order valence-electron chi connectivity index (χ1n) is 5.18. The number of nitro groups is 1. The highest BCUT2D eigenvalue weighted by Crippen LogP contribution is 2.09. The van der Waals surface area contributed by atoms with Crippen molar-refractivity contribution in [3.63, 3.8) is 0 Å². The molecule has 104 valence electrons. The Balaban J connectivity index is 2.40. The minimum atomic E-state index is -1.28. The van der Waals surface area contributed by atoms with Gasteiger partial charge in [0.25, 0.3) is 0 Å². The fourth-order valence-corrected chi connectivity index (χ4v) is 1.49. The summed E-state index contributed by atoms with van der Waals surface area (Å²) in [5.41, 5.74) is -2.77. The molecular formula is C10H7N3O7. The SMILES string of the molecule is O=C(O)c1ccc(Cn2cc([N+](=O)[O-])c(=O)[nH]c2=O)o1. The second kappa shape index (κ2) is 4.84. The van der Waals surface area contributed by atoms with Crippen molar-refractivity contribution in [1.82, 2.24) is 9.55 Å². The van der Waals surface area contributed by atoms with E-state index in [1.165, 1.54) is 12.1 Å². The lowest BCUT2D eigenvalue weighted by atomic mass is 10.4. The second-order valence-electron chi connectivity index (χ2n) is 3.73. The van der Waals surface area contributed by atoms with Gasteiger partial charge in [-0.3, -0.25) is 24.5 Å². The Hall–Kier alpha value is -3.17. The molecular weight excluding hydrogens is 274 g/mol. The molecule has 0 spiro atoms. The molecule has 2 rings (SSSR count). The number of carbonyl (C=O) groups is 1. The van der Waals surface area contributed by atoms with Crippen molar-refractivity contribution in [3.8, 4) is 0 Å². The van der Waals surface area contributed by atoms with E-state index in [1.54, 1.807) is 4.98 Å². The van der Waals surface area contributed by atoms with Gasteiger partial charge in [-0.15, -0.1) is 0 Å². The Morgan fingerprint density at radius 2 is 2.15 bits per heavy atom. The summed E-state index contributed by atoms with van der Waals surface area (Å²) in [6, 6.07) is 2.50. The Labute approximate surface area is 109 Å². The molecule has 2 aromatic rings. The number of aromatic nitrogens is 2. The standard InChI is InChI=1S/C10H7N3O7/c14-8-6(13(18)19)4-12(10(17)11-8)3-5-1-2-7(20-5)9(15)16/h1-2,4H,3H2,(H,15,16)(H,11,14,17).